The largest absolute Gasteiger partial charge is 0.443 e. The molecule has 0 unspecified atom stereocenters. The summed E-state index contributed by atoms with van der Waals surface area (Å²) >= 11 is 0.567. The molecular weight excluding hydrogens is 390 g/mol. The van der Waals surface area contributed by atoms with Gasteiger partial charge in [-0.25, -0.2) is 18.2 Å². The number of anilines is 1. The number of thiazole rings is 1. The number of rotatable bonds is 4. The van der Waals surface area contributed by atoms with Gasteiger partial charge in [0.25, 0.3) is 0 Å². The van der Waals surface area contributed by atoms with Crippen molar-refractivity contribution >= 4 is 17.0 Å². The lowest BCUT2D eigenvalue weighted by Crippen LogP contribution is -2.05. The molecule has 0 bridgehead atoms. The van der Waals surface area contributed by atoms with E-state index >= 15 is 0 Å². The zero-order valence-corrected chi connectivity index (χ0v) is 14.6. The van der Waals surface area contributed by atoms with Crippen molar-refractivity contribution in [3.8, 4) is 11.3 Å². The molecule has 0 fully saturated rings. The standard InChI is InChI=1S/C18H12F6N2S/c1-9-16(26-17(27-9)18(22,23)24)10-2-4-12(5-3-10)25-8-13-14(20)6-11(19)7-15(13)21/h2-7,25H,8H2,1H3. The molecule has 1 aromatic heterocycles. The smallest absolute Gasteiger partial charge is 0.381 e. The minimum atomic E-state index is -4.50. The minimum Gasteiger partial charge on any atom is -0.381 e. The fourth-order valence-electron chi connectivity index (χ4n) is 2.46. The topological polar surface area (TPSA) is 24.9 Å². The van der Waals surface area contributed by atoms with Crippen LogP contribution in [0.3, 0.4) is 0 Å². The molecule has 9 heteroatoms. The van der Waals surface area contributed by atoms with E-state index in [0.29, 0.717) is 39.6 Å². The van der Waals surface area contributed by atoms with Crippen molar-refractivity contribution in [3.05, 3.63) is 69.3 Å². The van der Waals surface area contributed by atoms with Crippen LogP contribution in [0.25, 0.3) is 11.3 Å². The molecule has 0 aliphatic rings. The number of nitrogens with zero attached hydrogens (tertiary/aromatic N) is 1. The summed E-state index contributed by atoms with van der Waals surface area (Å²) in [5, 5.41) is 1.87. The van der Waals surface area contributed by atoms with E-state index in [2.05, 4.69) is 10.3 Å². The van der Waals surface area contributed by atoms with Crippen LogP contribution in [0.4, 0.5) is 32.0 Å². The van der Waals surface area contributed by atoms with Crippen molar-refractivity contribution in [2.24, 2.45) is 0 Å². The van der Waals surface area contributed by atoms with E-state index in [-0.39, 0.29) is 17.8 Å². The average molecular weight is 402 g/mol. The van der Waals surface area contributed by atoms with Gasteiger partial charge in [0.15, 0.2) is 5.01 Å². The van der Waals surface area contributed by atoms with Crippen LogP contribution in [0.5, 0.6) is 0 Å². The lowest BCUT2D eigenvalue weighted by Gasteiger charge is -2.09. The molecule has 142 valence electrons. The summed E-state index contributed by atoms with van der Waals surface area (Å²) < 4.78 is 78.5. The van der Waals surface area contributed by atoms with Gasteiger partial charge < -0.3 is 5.32 Å². The average Bonchev–Trinajstić information content (AvgIpc) is 2.96. The molecule has 27 heavy (non-hydrogen) atoms. The Kier molecular flexibility index (Phi) is 5.14. The molecule has 3 rings (SSSR count). The van der Waals surface area contributed by atoms with Crippen molar-refractivity contribution in [1.29, 1.82) is 0 Å². The Bertz CT molecular complexity index is 940. The molecule has 0 saturated heterocycles. The minimum absolute atomic E-state index is 0.217. The van der Waals surface area contributed by atoms with E-state index < -0.39 is 28.6 Å². The van der Waals surface area contributed by atoms with E-state index in [4.69, 9.17) is 0 Å². The highest BCUT2D eigenvalue weighted by molar-refractivity contribution is 7.12. The van der Waals surface area contributed by atoms with Crippen LogP contribution in [-0.2, 0) is 12.7 Å². The van der Waals surface area contributed by atoms with Gasteiger partial charge >= 0.3 is 6.18 Å². The first-order valence-electron chi connectivity index (χ1n) is 7.67. The predicted molar refractivity (Wildman–Crippen MR) is 90.9 cm³/mol. The highest BCUT2D eigenvalue weighted by Crippen LogP contribution is 2.37. The normalized spacial score (nSPS) is 11.7. The molecule has 1 N–H and O–H groups in total. The summed E-state index contributed by atoms with van der Waals surface area (Å²) in [4.78, 5) is 4.07. The van der Waals surface area contributed by atoms with Crippen LogP contribution in [0.1, 0.15) is 15.4 Å². The summed E-state index contributed by atoms with van der Waals surface area (Å²) in [6.45, 7) is 1.33. The Morgan fingerprint density at radius 2 is 1.59 bits per heavy atom. The van der Waals surface area contributed by atoms with Crippen LogP contribution >= 0.6 is 11.3 Å². The third-order valence-electron chi connectivity index (χ3n) is 3.77. The van der Waals surface area contributed by atoms with E-state index in [1.165, 1.54) is 0 Å². The molecule has 2 nitrogen and oxygen atoms in total. The van der Waals surface area contributed by atoms with Gasteiger partial charge in [0.1, 0.15) is 17.5 Å². The quantitative estimate of drug-likeness (QED) is 0.528. The van der Waals surface area contributed by atoms with E-state index in [0.717, 1.165) is 0 Å². The van der Waals surface area contributed by atoms with Crippen molar-refractivity contribution in [1.82, 2.24) is 4.98 Å². The molecule has 0 amide bonds. The second-order valence-electron chi connectivity index (χ2n) is 5.70. The number of hydrogen-bond acceptors (Lipinski definition) is 3. The third-order valence-corrected chi connectivity index (χ3v) is 4.79. The maximum Gasteiger partial charge on any atom is 0.443 e. The fraction of sp³-hybridized carbons (Fsp3) is 0.167. The van der Waals surface area contributed by atoms with Gasteiger partial charge in [0.2, 0.25) is 0 Å². The summed E-state index contributed by atoms with van der Waals surface area (Å²) in [6, 6.07) is 7.41. The van der Waals surface area contributed by atoms with Gasteiger partial charge in [-0.2, -0.15) is 13.2 Å². The molecule has 0 saturated carbocycles. The molecular formula is C18H12F6N2S. The molecule has 0 aliphatic carbocycles. The number of aryl methyl sites for hydroxylation is 1. The number of nitrogens with one attached hydrogen (secondary N) is 1. The van der Waals surface area contributed by atoms with Gasteiger partial charge in [0, 0.05) is 40.4 Å². The molecule has 1 heterocycles. The molecule has 0 spiro atoms. The van der Waals surface area contributed by atoms with Crippen LogP contribution in [0, 0.1) is 24.4 Å². The lowest BCUT2D eigenvalue weighted by atomic mass is 10.1. The first kappa shape index (κ1) is 19.2. The maximum absolute atomic E-state index is 13.6. The zero-order valence-electron chi connectivity index (χ0n) is 13.8. The Hall–Kier alpha value is -2.55. The zero-order chi connectivity index (χ0) is 19.8. The summed E-state index contributed by atoms with van der Waals surface area (Å²) in [7, 11) is 0. The Balaban J connectivity index is 1.76. The van der Waals surface area contributed by atoms with Crippen LogP contribution in [-0.4, -0.2) is 4.98 Å². The van der Waals surface area contributed by atoms with Crippen molar-refractivity contribution < 1.29 is 26.3 Å². The maximum atomic E-state index is 13.6. The Morgan fingerprint density at radius 3 is 2.11 bits per heavy atom. The van der Waals surface area contributed by atoms with E-state index in [1.807, 2.05) is 0 Å². The number of aromatic nitrogens is 1. The van der Waals surface area contributed by atoms with Gasteiger partial charge in [-0.3, -0.25) is 0 Å². The number of hydrogen-bond donors (Lipinski definition) is 1. The molecule has 0 radical (unpaired) electrons. The van der Waals surface area contributed by atoms with E-state index in [9.17, 15) is 26.3 Å². The van der Waals surface area contributed by atoms with Crippen LogP contribution in [0.15, 0.2) is 36.4 Å². The fourth-order valence-corrected chi connectivity index (χ4v) is 3.27. The van der Waals surface area contributed by atoms with Gasteiger partial charge in [-0.05, 0) is 19.1 Å². The second-order valence-corrected chi connectivity index (χ2v) is 6.90. The summed E-state index contributed by atoms with van der Waals surface area (Å²) in [5.41, 5.74) is 0.898. The SMILES string of the molecule is Cc1sc(C(F)(F)F)nc1-c1ccc(NCc2c(F)cc(F)cc2F)cc1. The monoisotopic (exact) mass is 402 g/mol. The Morgan fingerprint density at radius 1 is 1.00 bits per heavy atom. The summed E-state index contributed by atoms with van der Waals surface area (Å²) in [6.07, 6.45) is -4.50. The lowest BCUT2D eigenvalue weighted by molar-refractivity contribution is -0.137. The molecule has 0 atom stereocenters. The highest BCUT2D eigenvalue weighted by atomic mass is 32.1. The number of halogens is 6. The predicted octanol–water partition coefficient (Wildman–Crippen LogP) is 6.17. The molecule has 3 aromatic rings. The number of benzene rings is 2. The molecule has 0 aliphatic heterocycles. The van der Waals surface area contributed by atoms with E-state index in [1.54, 1.807) is 31.2 Å². The highest BCUT2D eigenvalue weighted by Gasteiger charge is 2.35. The van der Waals surface area contributed by atoms with Crippen molar-refractivity contribution in [3.63, 3.8) is 0 Å². The van der Waals surface area contributed by atoms with Gasteiger partial charge in [0.05, 0.1) is 5.69 Å². The molecule has 2 aromatic carbocycles. The van der Waals surface area contributed by atoms with Crippen molar-refractivity contribution in [2.45, 2.75) is 19.6 Å². The van der Waals surface area contributed by atoms with Gasteiger partial charge in [-0.1, -0.05) is 12.1 Å². The first-order valence-corrected chi connectivity index (χ1v) is 8.49. The van der Waals surface area contributed by atoms with Crippen molar-refractivity contribution in [2.75, 3.05) is 5.32 Å². The second kappa shape index (κ2) is 7.22. The summed E-state index contributed by atoms with van der Waals surface area (Å²) in [5.74, 6) is -3.02. The number of alkyl halides is 3. The third kappa shape index (κ3) is 4.24. The van der Waals surface area contributed by atoms with Crippen LogP contribution < -0.4 is 5.32 Å². The first-order chi connectivity index (χ1) is 12.6. The van der Waals surface area contributed by atoms with Crippen LogP contribution in [0.2, 0.25) is 0 Å². The Labute approximate surface area is 154 Å². The van der Waals surface area contributed by atoms with Gasteiger partial charge in [-0.15, -0.1) is 11.3 Å².